The molecule has 0 bridgehead atoms. The fourth-order valence-electron chi connectivity index (χ4n) is 4.18. The molecule has 5 aromatic rings. The Kier molecular flexibility index (Phi) is 5.92. The number of benzene rings is 2. The highest BCUT2D eigenvalue weighted by molar-refractivity contribution is 5.88. The number of para-hydroxylation sites is 1. The van der Waals surface area contributed by atoms with Crippen molar-refractivity contribution in [1.29, 1.82) is 0 Å². The fourth-order valence-corrected chi connectivity index (χ4v) is 4.18. The van der Waals surface area contributed by atoms with Crippen molar-refractivity contribution in [3.05, 3.63) is 88.4 Å². The number of rotatable bonds is 5. The highest BCUT2D eigenvalue weighted by Gasteiger charge is 2.22. The Balaban J connectivity index is 1.70. The van der Waals surface area contributed by atoms with Crippen LogP contribution >= 0.6 is 0 Å². The number of fused-ring (bicyclic) bond motifs is 1. The molecule has 36 heavy (non-hydrogen) atoms. The van der Waals surface area contributed by atoms with Gasteiger partial charge in [0.25, 0.3) is 11.4 Å². The Labute approximate surface area is 207 Å². The minimum Gasteiger partial charge on any atom is -0.383 e. The van der Waals surface area contributed by atoms with Crippen LogP contribution in [0.1, 0.15) is 37.0 Å². The van der Waals surface area contributed by atoms with Crippen LogP contribution in [-0.4, -0.2) is 24.7 Å². The zero-order chi connectivity index (χ0) is 25.2. The second kappa shape index (κ2) is 9.35. The number of nitrogens with zero attached hydrogens (tertiary/aromatic N) is 5. The van der Waals surface area contributed by atoms with E-state index < -0.39 is 0 Å². The van der Waals surface area contributed by atoms with Gasteiger partial charge in [-0.05, 0) is 50.4 Å². The molecule has 0 aliphatic rings. The van der Waals surface area contributed by atoms with E-state index >= 15 is 0 Å². The van der Waals surface area contributed by atoms with Gasteiger partial charge in [-0.3, -0.25) is 9.36 Å². The minimum absolute atomic E-state index is 0.157. The number of hydrogen-bond acceptors (Lipinski definition) is 8. The van der Waals surface area contributed by atoms with Crippen LogP contribution in [0.15, 0.2) is 70.2 Å². The van der Waals surface area contributed by atoms with Crippen molar-refractivity contribution >= 4 is 22.4 Å². The second-order valence-corrected chi connectivity index (χ2v) is 8.19. The molecule has 0 radical (unpaired) electrons. The number of aromatic nitrogens is 5. The highest BCUT2D eigenvalue weighted by atomic mass is 16.5. The van der Waals surface area contributed by atoms with E-state index in [0.29, 0.717) is 28.2 Å². The van der Waals surface area contributed by atoms with Gasteiger partial charge in [-0.2, -0.15) is 4.98 Å². The predicted octanol–water partition coefficient (Wildman–Crippen LogP) is 4.27. The number of nitrogen functional groups attached to an aromatic ring is 1. The molecule has 0 unspecified atom stereocenters. The summed E-state index contributed by atoms with van der Waals surface area (Å²) in [5.74, 6) is 7.25. The van der Waals surface area contributed by atoms with Gasteiger partial charge in [0.2, 0.25) is 0 Å². The molecule has 0 amide bonds. The van der Waals surface area contributed by atoms with E-state index in [4.69, 9.17) is 10.3 Å². The lowest BCUT2D eigenvalue weighted by Crippen LogP contribution is -2.26. The van der Waals surface area contributed by atoms with Crippen molar-refractivity contribution < 1.29 is 4.52 Å². The third kappa shape index (κ3) is 4.05. The van der Waals surface area contributed by atoms with Crippen LogP contribution < -0.4 is 16.6 Å². The number of pyridine rings is 1. The van der Waals surface area contributed by atoms with E-state index in [9.17, 15) is 4.79 Å². The quantitative estimate of drug-likeness (QED) is 0.360. The molecule has 1 atom stereocenters. The van der Waals surface area contributed by atoms with Gasteiger partial charge in [-0.1, -0.05) is 41.4 Å². The van der Waals surface area contributed by atoms with Gasteiger partial charge in [-0.25, -0.2) is 9.97 Å². The summed E-state index contributed by atoms with van der Waals surface area (Å²) in [4.78, 5) is 26.7. The first kappa shape index (κ1) is 22.8. The molecule has 3 N–H and O–H groups in total. The van der Waals surface area contributed by atoms with Crippen molar-refractivity contribution in [3.63, 3.8) is 0 Å². The first-order valence-corrected chi connectivity index (χ1v) is 11.3. The summed E-state index contributed by atoms with van der Waals surface area (Å²) in [6, 6.07) is 16.8. The highest BCUT2D eigenvalue weighted by Crippen LogP contribution is 2.32. The molecule has 3 heterocycles. The van der Waals surface area contributed by atoms with Crippen LogP contribution in [0.25, 0.3) is 27.9 Å². The summed E-state index contributed by atoms with van der Waals surface area (Å²) in [6.07, 6.45) is 1.36. The summed E-state index contributed by atoms with van der Waals surface area (Å²) in [6.45, 7) is 5.41. The third-order valence-corrected chi connectivity index (χ3v) is 5.76. The number of nitrogens with one attached hydrogen (secondary N) is 1. The van der Waals surface area contributed by atoms with Crippen molar-refractivity contribution in [2.24, 2.45) is 0 Å². The van der Waals surface area contributed by atoms with Crippen LogP contribution in [-0.2, 0) is 0 Å². The molecule has 9 heteroatoms. The molecule has 0 fully saturated rings. The normalized spacial score (nSPS) is 11.6. The average molecular weight is 478 g/mol. The molecule has 0 aliphatic heterocycles. The summed E-state index contributed by atoms with van der Waals surface area (Å²) >= 11 is 0. The van der Waals surface area contributed by atoms with Crippen molar-refractivity contribution in [1.82, 2.24) is 24.7 Å². The first-order chi connectivity index (χ1) is 17.5. The Hall–Kier alpha value is -4.97. The molecule has 9 nitrogen and oxygen atoms in total. The summed E-state index contributed by atoms with van der Waals surface area (Å²) in [5.41, 5.74) is 8.56. The number of nitrogens with two attached hydrogens (primary N) is 1. The van der Waals surface area contributed by atoms with Gasteiger partial charge in [0, 0.05) is 16.9 Å². The van der Waals surface area contributed by atoms with E-state index in [2.05, 4.69) is 37.3 Å². The molecule has 178 valence electrons. The van der Waals surface area contributed by atoms with Crippen molar-refractivity contribution in [2.75, 3.05) is 11.1 Å². The summed E-state index contributed by atoms with van der Waals surface area (Å²) in [7, 11) is 0. The van der Waals surface area contributed by atoms with Gasteiger partial charge in [0.15, 0.2) is 5.82 Å². The molecule has 0 spiro atoms. The van der Waals surface area contributed by atoms with Gasteiger partial charge in [0.05, 0.1) is 11.4 Å². The van der Waals surface area contributed by atoms with Crippen LogP contribution in [0, 0.1) is 18.8 Å². The monoisotopic (exact) mass is 477 g/mol. The molecular weight excluding hydrogens is 454 g/mol. The smallest absolute Gasteiger partial charge is 0.265 e. The van der Waals surface area contributed by atoms with E-state index in [1.54, 1.807) is 18.4 Å². The van der Waals surface area contributed by atoms with Crippen LogP contribution in [0.4, 0.5) is 11.6 Å². The van der Waals surface area contributed by atoms with Crippen LogP contribution in [0.2, 0.25) is 0 Å². The lowest BCUT2D eigenvalue weighted by molar-refractivity contribution is 0.425. The number of aryl methyl sites for hydroxylation is 1. The Morgan fingerprint density at radius 1 is 1.11 bits per heavy atom. The van der Waals surface area contributed by atoms with Crippen molar-refractivity contribution in [3.8, 4) is 29.0 Å². The number of hydrogen-bond donors (Lipinski definition) is 2. The van der Waals surface area contributed by atoms with Gasteiger partial charge >= 0.3 is 0 Å². The van der Waals surface area contributed by atoms with Gasteiger partial charge < -0.3 is 15.6 Å². The molecule has 2 aromatic carbocycles. The standard InChI is InChI=1S/C27H23N7O2/c1-4-9-18-10-8-11-19-14-21(34(27(35)22(18)19)20-12-6-5-7-13-20)16(2)31-25-23(24(28)29-15-30-25)26-32-17(3)33-36-26/h5-8,10-16H,1-3H3,(H3,28,29,30,31)/t16-/m0/s1. The SMILES string of the molecule is CC#Cc1cccc2cc([C@H](C)Nc3ncnc(N)c3-c3nc(C)no3)n(-c3ccccc3)c(=O)c12. The second-order valence-electron chi connectivity index (χ2n) is 8.19. The Bertz CT molecular complexity index is 1690. The van der Waals surface area contributed by atoms with Gasteiger partial charge in [-0.15, -0.1) is 5.92 Å². The Morgan fingerprint density at radius 3 is 2.64 bits per heavy atom. The molecule has 0 saturated heterocycles. The molecule has 0 aliphatic carbocycles. The minimum atomic E-state index is -0.375. The largest absolute Gasteiger partial charge is 0.383 e. The van der Waals surface area contributed by atoms with E-state index in [0.717, 1.165) is 16.8 Å². The fraction of sp³-hybridized carbons (Fsp3) is 0.148. The molecular formula is C27H23N7O2. The van der Waals surface area contributed by atoms with Gasteiger partial charge in [0.1, 0.15) is 23.5 Å². The number of anilines is 2. The maximum atomic E-state index is 13.9. The summed E-state index contributed by atoms with van der Waals surface area (Å²) < 4.78 is 7.03. The lowest BCUT2D eigenvalue weighted by atomic mass is 10.0. The summed E-state index contributed by atoms with van der Waals surface area (Å²) in [5, 5.41) is 8.59. The predicted molar refractivity (Wildman–Crippen MR) is 139 cm³/mol. The maximum absolute atomic E-state index is 13.9. The Morgan fingerprint density at radius 2 is 1.92 bits per heavy atom. The topological polar surface area (TPSA) is 125 Å². The average Bonchev–Trinajstić information content (AvgIpc) is 3.30. The molecule has 5 rings (SSSR count). The van der Waals surface area contributed by atoms with Crippen molar-refractivity contribution in [2.45, 2.75) is 26.8 Å². The van der Waals surface area contributed by atoms with E-state index in [1.165, 1.54) is 6.33 Å². The lowest BCUT2D eigenvalue weighted by Gasteiger charge is -2.22. The molecule has 3 aromatic heterocycles. The van der Waals surface area contributed by atoms with Crippen LogP contribution in [0.3, 0.4) is 0 Å². The first-order valence-electron chi connectivity index (χ1n) is 11.3. The van der Waals surface area contributed by atoms with E-state index in [1.807, 2.05) is 61.5 Å². The van der Waals surface area contributed by atoms with E-state index in [-0.39, 0.29) is 23.3 Å². The maximum Gasteiger partial charge on any atom is 0.265 e. The van der Waals surface area contributed by atoms with Crippen LogP contribution in [0.5, 0.6) is 0 Å². The third-order valence-electron chi connectivity index (χ3n) is 5.76. The molecule has 0 saturated carbocycles. The zero-order valence-corrected chi connectivity index (χ0v) is 20.0. The zero-order valence-electron chi connectivity index (χ0n) is 20.0.